The molecule has 0 aliphatic carbocycles. The van der Waals surface area contributed by atoms with Gasteiger partial charge in [-0.25, -0.2) is 9.38 Å². The average Bonchev–Trinajstić information content (AvgIpc) is 2.93. The summed E-state index contributed by atoms with van der Waals surface area (Å²) in [5.41, 5.74) is 6.97. The molecule has 0 aromatic heterocycles. The van der Waals surface area contributed by atoms with Crippen molar-refractivity contribution in [1.82, 2.24) is 9.80 Å². The van der Waals surface area contributed by atoms with Gasteiger partial charge in [-0.1, -0.05) is 17.7 Å². The van der Waals surface area contributed by atoms with Crippen LogP contribution in [0.15, 0.2) is 41.4 Å². The highest BCUT2D eigenvalue weighted by molar-refractivity contribution is 6.30. The van der Waals surface area contributed by atoms with E-state index in [1.165, 1.54) is 17.0 Å². The van der Waals surface area contributed by atoms with Crippen LogP contribution >= 0.6 is 11.6 Å². The van der Waals surface area contributed by atoms with Crippen LogP contribution in [0.2, 0.25) is 5.02 Å². The summed E-state index contributed by atoms with van der Waals surface area (Å²) < 4.78 is 20.3. The molecule has 2 N–H and O–H groups in total. The lowest BCUT2D eigenvalue weighted by Gasteiger charge is -2.48. The summed E-state index contributed by atoms with van der Waals surface area (Å²) in [6, 6.07) is 9.91. The summed E-state index contributed by atoms with van der Waals surface area (Å²) in [6.07, 6.45) is 0.672. The highest BCUT2D eigenvalue weighted by atomic mass is 35.5. The second-order valence-electron chi connectivity index (χ2n) is 8.28. The molecule has 1 amide bonds. The van der Waals surface area contributed by atoms with Crippen LogP contribution in [0, 0.1) is 11.7 Å². The van der Waals surface area contributed by atoms with Crippen molar-refractivity contribution in [3.63, 3.8) is 0 Å². The number of nitrogens with two attached hydrogens (primary N) is 1. The second kappa shape index (κ2) is 6.68. The molecule has 3 aliphatic heterocycles. The largest absolute Gasteiger partial charge is 0.490 e. The molecule has 0 bridgehead atoms. The van der Waals surface area contributed by atoms with Gasteiger partial charge in [-0.15, -0.1) is 0 Å². The third-order valence-corrected chi connectivity index (χ3v) is 6.64. The molecule has 3 atom stereocenters. The lowest BCUT2D eigenvalue weighted by molar-refractivity contribution is -0.137. The van der Waals surface area contributed by atoms with Gasteiger partial charge in [0, 0.05) is 36.6 Å². The molecule has 0 radical (unpaired) electrons. The minimum absolute atomic E-state index is 0.129. The number of nitrogens with zero attached hydrogens (tertiary/aromatic N) is 3. The number of amides is 1. The van der Waals surface area contributed by atoms with E-state index in [4.69, 9.17) is 27.1 Å². The molecule has 1 unspecified atom stereocenters. The summed E-state index contributed by atoms with van der Waals surface area (Å²) >= 11 is 6.06. The molecular formula is C22H22ClFN4O2. The molecule has 1 fully saturated rings. The van der Waals surface area contributed by atoms with E-state index in [1.807, 2.05) is 25.2 Å². The zero-order valence-electron chi connectivity index (χ0n) is 16.7. The number of halogens is 2. The van der Waals surface area contributed by atoms with Crippen LogP contribution in [-0.2, 0) is 10.3 Å². The number of likely N-dealkylation sites (tertiary alicyclic amines) is 1. The molecule has 1 saturated heterocycles. The summed E-state index contributed by atoms with van der Waals surface area (Å²) in [5, 5.41) is 0.307. The van der Waals surface area contributed by atoms with Crippen molar-refractivity contribution in [3.05, 3.63) is 52.8 Å². The number of carbonyl (C=O) groups is 1. The Balaban J connectivity index is 1.72. The van der Waals surface area contributed by atoms with Crippen molar-refractivity contribution in [1.29, 1.82) is 0 Å². The van der Waals surface area contributed by atoms with E-state index in [-0.39, 0.29) is 23.9 Å². The number of carbonyl (C=O) groups excluding carboxylic acids is 1. The van der Waals surface area contributed by atoms with Gasteiger partial charge in [-0.05, 0) is 54.9 Å². The first-order valence-corrected chi connectivity index (χ1v) is 10.3. The lowest BCUT2D eigenvalue weighted by atomic mass is 9.70. The molecule has 30 heavy (non-hydrogen) atoms. The maximum absolute atomic E-state index is 14.0. The number of rotatable bonds is 1. The van der Waals surface area contributed by atoms with E-state index in [2.05, 4.69) is 4.90 Å². The number of likely N-dealkylation sites (N-methyl/N-ethyl adjacent to an activating group) is 1. The molecule has 2 aromatic rings. The van der Waals surface area contributed by atoms with E-state index >= 15 is 0 Å². The Labute approximate surface area is 179 Å². The molecule has 8 heteroatoms. The third kappa shape index (κ3) is 2.72. The van der Waals surface area contributed by atoms with Crippen molar-refractivity contribution in [2.24, 2.45) is 16.6 Å². The summed E-state index contributed by atoms with van der Waals surface area (Å²) in [7, 11) is 3.67. The zero-order chi connectivity index (χ0) is 21.2. The fraction of sp³-hybridized carbons (Fsp3) is 0.364. The number of guanidine groups is 1. The van der Waals surface area contributed by atoms with E-state index in [0.29, 0.717) is 28.4 Å². The Morgan fingerprint density at radius 3 is 2.73 bits per heavy atom. The normalized spacial score (nSPS) is 28.2. The van der Waals surface area contributed by atoms with Gasteiger partial charge in [0.2, 0.25) is 0 Å². The smallest absolute Gasteiger partial charge is 0.262 e. The Hall–Kier alpha value is -2.64. The Bertz CT molecular complexity index is 1070. The molecule has 3 aliphatic rings. The van der Waals surface area contributed by atoms with Gasteiger partial charge in [0.25, 0.3) is 5.91 Å². The van der Waals surface area contributed by atoms with E-state index in [9.17, 15) is 9.18 Å². The van der Waals surface area contributed by atoms with Crippen molar-refractivity contribution >= 4 is 23.5 Å². The summed E-state index contributed by atoms with van der Waals surface area (Å²) in [6.45, 7) is 1.55. The van der Waals surface area contributed by atoms with Crippen LogP contribution in [0.3, 0.4) is 0 Å². The molecule has 156 valence electrons. The second-order valence-corrected chi connectivity index (χ2v) is 8.72. The standard InChI is InChI=1S/C22H22ClFN4O2/c1-27-6-5-19-17(11-27)22(20(29)28(2)21(25)26-22)16-9-12(3-4-18(16)30-19)13-7-14(23)10-15(24)8-13/h3-4,7-10,17,19H,5-6,11H2,1-2H3,(H2,25,26)/t17-,19+,22?/m1/s1. The van der Waals surface area contributed by atoms with Gasteiger partial charge in [-0.2, -0.15) is 0 Å². The monoisotopic (exact) mass is 428 g/mol. The van der Waals surface area contributed by atoms with Crippen molar-refractivity contribution in [2.45, 2.75) is 18.1 Å². The van der Waals surface area contributed by atoms with Crippen LogP contribution in [0.4, 0.5) is 4.39 Å². The first-order valence-electron chi connectivity index (χ1n) is 9.89. The Kier molecular flexibility index (Phi) is 4.31. The fourth-order valence-corrected chi connectivity index (χ4v) is 5.13. The van der Waals surface area contributed by atoms with Crippen molar-refractivity contribution in [3.8, 4) is 16.9 Å². The topological polar surface area (TPSA) is 71.2 Å². The van der Waals surface area contributed by atoms with Crippen LogP contribution < -0.4 is 10.5 Å². The molecule has 1 spiro atoms. The molecule has 6 nitrogen and oxygen atoms in total. The van der Waals surface area contributed by atoms with Gasteiger partial charge in [0.15, 0.2) is 11.5 Å². The summed E-state index contributed by atoms with van der Waals surface area (Å²) in [5.74, 6) is 0.0516. The highest BCUT2D eigenvalue weighted by Gasteiger charge is 2.60. The van der Waals surface area contributed by atoms with Gasteiger partial charge in [-0.3, -0.25) is 9.69 Å². The van der Waals surface area contributed by atoms with E-state index in [0.717, 1.165) is 18.5 Å². The zero-order valence-corrected chi connectivity index (χ0v) is 17.5. The SMILES string of the molecule is CN1CC[C@@H]2Oc3ccc(-c4cc(F)cc(Cl)c4)cc3C3(N=C(N)N(C)C3=O)[C@@H]2C1. The number of hydrogen-bond acceptors (Lipinski definition) is 5. The number of piperidine rings is 1. The van der Waals surface area contributed by atoms with E-state index in [1.54, 1.807) is 13.1 Å². The van der Waals surface area contributed by atoms with Crippen molar-refractivity contribution < 1.29 is 13.9 Å². The molecular weight excluding hydrogens is 407 g/mol. The van der Waals surface area contributed by atoms with Gasteiger partial charge >= 0.3 is 0 Å². The predicted molar refractivity (Wildman–Crippen MR) is 113 cm³/mol. The van der Waals surface area contributed by atoms with Gasteiger partial charge in [0.05, 0.1) is 0 Å². The number of fused-ring (bicyclic) bond motifs is 4. The number of aliphatic imine (C=N–C) groups is 1. The lowest BCUT2D eigenvalue weighted by Crippen LogP contribution is -2.58. The Morgan fingerprint density at radius 1 is 1.23 bits per heavy atom. The quantitative estimate of drug-likeness (QED) is 0.758. The molecule has 3 heterocycles. The molecule has 0 saturated carbocycles. The van der Waals surface area contributed by atoms with Gasteiger partial charge < -0.3 is 15.4 Å². The van der Waals surface area contributed by atoms with Crippen LogP contribution in [0.5, 0.6) is 5.75 Å². The van der Waals surface area contributed by atoms with Crippen LogP contribution in [0.1, 0.15) is 12.0 Å². The number of benzene rings is 2. The van der Waals surface area contributed by atoms with E-state index < -0.39 is 11.4 Å². The third-order valence-electron chi connectivity index (χ3n) is 6.42. The highest BCUT2D eigenvalue weighted by Crippen LogP contribution is 2.51. The summed E-state index contributed by atoms with van der Waals surface area (Å²) in [4.78, 5) is 21.9. The molecule has 5 rings (SSSR count). The number of ether oxygens (including phenoxy) is 1. The van der Waals surface area contributed by atoms with Crippen LogP contribution in [-0.4, -0.2) is 55.0 Å². The first-order chi connectivity index (χ1) is 14.3. The first kappa shape index (κ1) is 19.3. The predicted octanol–water partition coefficient (Wildman–Crippen LogP) is 2.84. The fourth-order valence-electron chi connectivity index (χ4n) is 4.91. The van der Waals surface area contributed by atoms with Crippen LogP contribution in [0.25, 0.3) is 11.1 Å². The van der Waals surface area contributed by atoms with Gasteiger partial charge in [0.1, 0.15) is 17.7 Å². The minimum atomic E-state index is -1.15. The molecule has 2 aromatic carbocycles. The average molecular weight is 429 g/mol. The maximum atomic E-state index is 14.0. The number of hydrogen-bond donors (Lipinski definition) is 1. The minimum Gasteiger partial charge on any atom is -0.490 e. The maximum Gasteiger partial charge on any atom is 0.262 e. The van der Waals surface area contributed by atoms with Crippen molar-refractivity contribution in [2.75, 3.05) is 27.2 Å². The Morgan fingerprint density at radius 2 is 2.03 bits per heavy atom.